The molecule has 1 aromatic rings. The number of halogens is 2. The zero-order chi connectivity index (χ0) is 12.3. The van der Waals surface area contributed by atoms with Crippen LogP contribution >= 0.6 is 0 Å². The Bertz CT molecular complexity index is 351. The fraction of sp³-hybridized carbons (Fsp3) is 0.583. The average Bonchev–Trinajstić information content (AvgIpc) is 2.16. The topological polar surface area (TPSA) is 22.1 Å². The van der Waals surface area contributed by atoms with Crippen molar-refractivity contribution in [2.75, 3.05) is 0 Å². The predicted octanol–water partition coefficient (Wildman–Crippen LogP) is 3.93. The first-order valence-electron chi connectivity index (χ1n) is 5.36. The van der Waals surface area contributed by atoms with Crippen molar-refractivity contribution >= 4 is 0 Å². The van der Waals surface area contributed by atoms with Crippen LogP contribution in [0.3, 0.4) is 0 Å². The highest BCUT2D eigenvalue weighted by molar-refractivity contribution is 5.35. The van der Waals surface area contributed by atoms with Gasteiger partial charge in [-0.25, -0.2) is 0 Å². The van der Waals surface area contributed by atoms with Crippen LogP contribution in [0.1, 0.15) is 50.8 Å². The highest BCUT2D eigenvalue weighted by Crippen LogP contribution is 2.29. The van der Waals surface area contributed by atoms with E-state index in [4.69, 9.17) is 0 Å². The van der Waals surface area contributed by atoms with Gasteiger partial charge in [0.2, 0.25) is 0 Å². The van der Waals surface area contributed by atoms with Crippen molar-refractivity contribution in [2.45, 2.75) is 46.1 Å². The van der Waals surface area contributed by atoms with E-state index in [0.717, 1.165) is 11.3 Å². The van der Waals surface area contributed by atoms with E-state index in [1.54, 1.807) is 0 Å². The van der Waals surface area contributed by atoms with Gasteiger partial charge < -0.3 is 4.74 Å². The van der Waals surface area contributed by atoms with Gasteiger partial charge in [0.05, 0.1) is 6.20 Å². The van der Waals surface area contributed by atoms with Crippen LogP contribution < -0.4 is 4.74 Å². The molecule has 0 aromatic carbocycles. The lowest BCUT2D eigenvalue weighted by Crippen LogP contribution is -2.07. The minimum absolute atomic E-state index is 0.134. The van der Waals surface area contributed by atoms with E-state index in [1.807, 2.05) is 33.8 Å². The van der Waals surface area contributed by atoms with Crippen LogP contribution in [0.5, 0.6) is 5.75 Å². The predicted molar refractivity (Wildman–Crippen MR) is 59.0 cm³/mol. The quantitative estimate of drug-likeness (QED) is 0.780. The maximum absolute atomic E-state index is 12.2. The first-order valence-corrected chi connectivity index (χ1v) is 5.36. The molecule has 1 heterocycles. The molecule has 0 saturated carbocycles. The fourth-order valence-electron chi connectivity index (χ4n) is 1.44. The number of alkyl halides is 2. The maximum Gasteiger partial charge on any atom is 0.387 e. The fourth-order valence-corrected chi connectivity index (χ4v) is 1.44. The summed E-state index contributed by atoms with van der Waals surface area (Å²) in [5.41, 5.74) is 1.67. The van der Waals surface area contributed by atoms with Crippen LogP contribution in [-0.4, -0.2) is 11.6 Å². The molecule has 1 rings (SSSR count). The largest absolute Gasteiger partial charge is 0.433 e. The van der Waals surface area contributed by atoms with Crippen molar-refractivity contribution in [3.05, 3.63) is 23.5 Å². The van der Waals surface area contributed by atoms with E-state index >= 15 is 0 Å². The second-order valence-electron chi connectivity index (χ2n) is 4.33. The molecule has 0 aliphatic carbocycles. The summed E-state index contributed by atoms with van der Waals surface area (Å²) in [7, 11) is 0. The van der Waals surface area contributed by atoms with Gasteiger partial charge in [-0.2, -0.15) is 8.78 Å². The lowest BCUT2D eigenvalue weighted by molar-refractivity contribution is -0.0508. The summed E-state index contributed by atoms with van der Waals surface area (Å²) in [5, 5.41) is 0. The first-order chi connectivity index (χ1) is 7.41. The molecule has 2 nitrogen and oxygen atoms in total. The van der Waals surface area contributed by atoms with Gasteiger partial charge in [-0.3, -0.25) is 4.98 Å². The van der Waals surface area contributed by atoms with Gasteiger partial charge in [-0.15, -0.1) is 0 Å². The summed E-state index contributed by atoms with van der Waals surface area (Å²) in [6, 6.07) is 1.84. The number of hydrogen-bond donors (Lipinski definition) is 0. The van der Waals surface area contributed by atoms with Gasteiger partial charge in [0, 0.05) is 11.3 Å². The first kappa shape index (κ1) is 12.9. The number of rotatable bonds is 4. The average molecular weight is 229 g/mol. The molecule has 90 valence electrons. The van der Waals surface area contributed by atoms with Gasteiger partial charge in [0.25, 0.3) is 0 Å². The van der Waals surface area contributed by atoms with E-state index in [1.165, 1.54) is 6.20 Å². The molecule has 0 N–H and O–H groups in total. The van der Waals surface area contributed by atoms with Gasteiger partial charge in [0.15, 0.2) is 0 Å². The van der Waals surface area contributed by atoms with E-state index in [0.29, 0.717) is 0 Å². The molecule has 0 amide bonds. The van der Waals surface area contributed by atoms with Crippen molar-refractivity contribution in [3.8, 4) is 5.75 Å². The van der Waals surface area contributed by atoms with Crippen LogP contribution in [0, 0.1) is 0 Å². The zero-order valence-electron chi connectivity index (χ0n) is 10.00. The molecule has 0 radical (unpaired) electrons. The summed E-state index contributed by atoms with van der Waals surface area (Å²) in [4.78, 5) is 4.12. The Morgan fingerprint density at radius 2 is 1.75 bits per heavy atom. The summed E-state index contributed by atoms with van der Waals surface area (Å²) in [6.07, 6.45) is 1.39. The van der Waals surface area contributed by atoms with E-state index in [2.05, 4.69) is 9.72 Å². The highest BCUT2D eigenvalue weighted by Gasteiger charge is 2.14. The molecule has 16 heavy (non-hydrogen) atoms. The number of aromatic nitrogens is 1. The Morgan fingerprint density at radius 1 is 1.12 bits per heavy atom. The molecule has 0 bridgehead atoms. The van der Waals surface area contributed by atoms with E-state index in [9.17, 15) is 8.78 Å². The van der Waals surface area contributed by atoms with Crippen LogP contribution in [0.2, 0.25) is 0 Å². The molecule has 0 atom stereocenters. The monoisotopic (exact) mass is 229 g/mol. The van der Waals surface area contributed by atoms with Crippen molar-refractivity contribution in [2.24, 2.45) is 0 Å². The van der Waals surface area contributed by atoms with Crippen LogP contribution in [0.4, 0.5) is 8.78 Å². The van der Waals surface area contributed by atoms with Crippen molar-refractivity contribution in [3.63, 3.8) is 0 Å². The van der Waals surface area contributed by atoms with Crippen molar-refractivity contribution in [1.29, 1.82) is 0 Å². The lowest BCUT2D eigenvalue weighted by atomic mass is 9.99. The minimum atomic E-state index is -2.80. The Kier molecular flexibility index (Phi) is 4.21. The smallest absolute Gasteiger partial charge is 0.387 e. The Balaban J connectivity index is 3.09. The highest BCUT2D eigenvalue weighted by atomic mass is 19.3. The maximum atomic E-state index is 12.2. The molecule has 0 aliphatic rings. The van der Waals surface area contributed by atoms with Crippen LogP contribution in [0.15, 0.2) is 12.3 Å². The Hall–Kier alpha value is -1.19. The Morgan fingerprint density at radius 3 is 2.19 bits per heavy atom. The molecule has 0 aliphatic heterocycles. The normalized spacial score (nSPS) is 11.6. The van der Waals surface area contributed by atoms with Gasteiger partial charge in [0.1, 0.15) is 5.75 Å². The van der Waals surface area contributed by atoms with Gasteiger partial charge in [-0.05, 0) is 17.9 Å². The molecule has 0 saturated heterocycles. The van der Waals surface area contributed by atoms with E-state index in [-0.39, 0.29) is 17.6 Å². The molecular weight excluding hydrogens is 212 g/mol. The third-order valence-corrected chi connectivity index (χ3v) is 2.35. The van der Waals surface area contributed by atoms with Crippen LogP contribution in [0.25, 0.3) is 0 Å². The summed E-state index contributed by atoms with van der Waals surface area (Å²) >= 11 is 0. The summed E-state index contributed by atoms with van der Waals surface area (Å²) < 4.78 is 28.8. The Labute approximate surface area is 94.7 Å². The summed E-state index contributed by atoms with van der Waals surface area (Å²) in [5.74, 6) is 0.585. The zero-order valence-corrected chi connectivity index (χ0v) is 10.00. The summed E-state index contributed by atoms with van der Waals surface area (Å²) in [6.45, 7) is 5.11. The number of hydrogen-bond acceptors (Lipinski definition) is 2. The third-order valence-electron chi connectivity index (χ3n) is 2.35. The minimum Gasteiger partial charge on any atom is -0.433 e. The number of ether oxygens (including phenoxy) is 1. The molecule has 1 aromatic heterocycles. The third kappa shape index (κ3) is 3.15. The molecule has 0 unspecified atom stereocenters. The lowest BCUT2D eigenvalue weighted by Gasteiger charge is -2.15. The molecular formula is C12H17F2NO. The standard InChI is InChI=1S/C12H17F2NO/c1-7(2)9-5-10(8(3)4)15-6-11(9)16-12(13)14/h5-8,12H,1-4H3. The molecule has 0 spiro atoms. The van der Waals surface area contributed by atoms with Crippen LogP contribution in [-0.2, 0) is 0 Å². The second kappa shape index (κ2) is 5.23. The molecule has 4 heteroatoms. The molecule has 0 fully saturated rings. The SMILES string of the molecule is CC(C)c1cc(C(C)C)c(OC(F)F)cn1. The van der Waals surface area contributed by atoms with Crippen molar-refractivity contribution in [1.82, 2.24) is 4.98 Å². The van der Waals surface area contributed by atoms with Gasteiger partial charge in [-0.1, -0.05) is 27.7 Å². The van der Waals surface area contributed by atoms with E-state index < -0.39 is 6.61 Å². The van der Waals surface area contributed by atoms with Crippen molar-refractivity contribution < 1.29 is 13.5 Å². The number of pyridine rings is 1. The second-order valence-corrected chi connectivity index (χ2v) is 4.33. The number of nitrogens with zero attached hydrogens (tertiary/aromatic N) is 1. The van der Waals surface area contributed by atoms with Gasteiger partial charge >= 0.3 is 6.61 Å².